The van der Waals surface area contributed by atoms with Gasteiger partial charge in [-0.25, -0.2) is 13.2 Å². The number of aliphatic imine (C=N–C) groups is 1. The van der Waals surface area contributed by atoms with Crippen molar-refractivity contribution in [1.82, 2.24) is 0 Å². The Balaban J connectivity index is 1.83. The summed E-state index contributed by atoms with van der Waals surface area (Å²) in [5, 5.41) is 8.74. The number of carbonyl (C=O) groups is 2. The zero-order chi connectivity index (χ0) is 20.3. The minimum Gasteiger partial charge on any atom is -0.494 e. The molecule has 28 heavy (non-hydrogen) atoms. The molecule has 0 radical (unpaired) electrons. The van der Waals surface area contributed by atoms with Gasteiger partial charge in [-0.15, -0.1) is 0 Å². The Morgan fingerprint density at radius 1 is 1.25 bits per heavy atom. The number of carboxylic acids is 1. The Morgan fingerprint density at radius 3 is 2.61 bits per heavy atom. The van der Waals surface area contributed by atoms with Gasteiger partial charge in [0, 0.05) is 10.9 Å². The van der Waals surface area contributed by atoms with Gasteiger partial charge in [0.25, 0.3) is 5.91 Å². The lowest BCUT2D eigenvalue weighted by Crippen LogP contribution is -2.37. The van der Waals surface area contributed by atoms with E-state index in [1.54, 1.807) is 29.2 Å². The number of amides is 1. The number of fused-ring (bicyclic) bond motifs is 1. The summed E-state index contributed by atoms with van der Waals surface area (Å²) >= 11 is 1.24. The predicted octanol–water partition coefficient (Wildman–Crippen LogP) is 0.788. The Labute approximate surface area is 166 Å². The maximum atomic E-state index is 12.1. The van der Waals surface area contributed by atoms with Crippen LogP contribution in [0.2, 0.25) is 0 Å². The number of hydrogen-bond acceptors (Lipinski definition) is 7. The number of sulfone groups is 1. The molecule has 0 bridgehead atoms. The van der Waals surface area contributed by atoms with Gasteiger partial charge in [-0.05, 0) is 31.2 Å². The van der Waals surface area contributed by atoms with Crippen molar-refractivity contribution in [2.24, 2.45) is 4.99 Å². The fourth-order valence-electron chi connectivity index (χ4n) is 3.10. The molecular formula is C17H20N2O7S2. The molecule has 0 saturated carbocycles. The zero-order valence-corrected chi connectivity index (χ0v) is 16.7. The molecule has 0 unspecified atom stereocenters. The minimum atomic E-state index is -3.16. The number of amidine groups is 1. The van der Waals surface area contributed by atoms with Crippen LogP contribution in [-0.4, -0.2) is 73.2 Å². The number of hydrogen-bond donors (Lipinski definition) is 1. The molecule has 0 aliphatic carbocycles. The minimum absolute atomic E-state index is 0.0133. The highest BCUT2D eigenvalue weighted by Crippen LogP contribution is 2.41. The number of rotatable bonds is 7. The first-order valence-corrected chi connectivity index (χ1v) is 11.3. The molecule has 1 aromatic carbocycles. The fourth-order valence-corrected chi connectivity index (χ4v) is 7.03. The molecule has 3 rings (SSSR count). The van der Waals surface area contributed by atoms with Crippen molar-refractivity contribution in [3.8, 4) is 5.75 Å². The van der Waals surface area contributed by atoms with Crippen LogP contribution in [0.15, 0.2) is 29.3 Å². The third-order valence-corrected chi connectivity index (χ3v) is 7.37. The van der Waals surface area contributed by atoms with E-state index in [1.807, 2.05) is 6.92 Å². The second kappa shape index (κ2) is 8.50. The van der Waals surface area contributed by atoms with Gasteiger partial charge in [-0.1, -0.05) is 11.8 Å². The lowest BCUT2D eigenvalue weighted by atomic mass is 10.2. The molecule has 152 valence electrons. The highest BCUT2D eigenvalue weighted by molar-refractivity contribution is 8.16. The van der Waals surface area contributed by atoms with Crippen LogP contribution in [-0.2, 0) is 24.2 Å². The summed E-state index contributed by atoms with van der Waals surface area (Å²) in [6, 6.07) is 6.81. The predicted molar refractivity (Wildman–Crippen MR) is 105 cm³/mol. The van der Waals surface area contributed by atoms with Gasteiger partial charge in [0.2, 0.25) is 0 Å². The Morgan fingerprint density at radius 2 is 1.96 bits per heavy atom. The Bertz CT molecular complexity index is 883. The smallest absolute Gasteiger partial charge is 0.329 e. The van der Waals surface area contributed by atoms with Crippen molar-refractivity contribution in [2.45, 2.75) is 18.2 Å². The van der Waals surface area contributed by atoms with Crippen molar-refractivity contribution >= 4 is 44.3 Å². The second-order valence-corrected chi connectivity index (χ2v) is 9.63. The van der Waals surface area contributed by atoms with Crippen LogP contribution in [0.5, 0.6) is 5.75 Å². The van der Waals surface area contributed by atoms with Crippen molar-refractivity contribution < 1.29 is 32.6 Å². The molecule has 2 fully saturated rings. The van der Waals surface area contributed by atoms with Crippen LogP contribution in [0.1, 0.15) is 6.92 Å². The van der Waals surface area contributed by atoms with Gasteiger partial charge in [0.15, 0.2) is 15.0 Å². The van der Waals surface area contributed by atoms with E-state index in [-0.39, 0.29) is 22.8 Å². The quantitative estimate of drug-likeness (QED) is 0.671. The first kappa shape index (κ1) is 20.6. The van der Waals surface area contributed by atoms with Crippen molar-refractivity contribution in [2.75, 3.05) is 36.2 Å². The molecule has 2 saturated heterocycles. The first-order valence-electron chi connectivity index (χ1n) is 8.59. The molecular weight excluding hydrogens is 408 g/mol. The van der Waals surface area contributed by atoms with E-state index in [2.05, 4.69) is 4.99 Å². The maximum Gasteiger partial charge on any atom is 0.329 e. The Kier molecular flexibility index (Phi) is 6.26. The van der Waals surface area contributed by atoms with Gasteiger partial charge >= 0.3 is 5.97 Å². The number of thioether (sulfide) groups is 1. The van der Waals surface area contributed by atoms with E-state index in [4.69, 9.17) is 14.6 Å². The van der Waals surface area contributed by atoms with Gasteiger partial charge in [0.05, 0.1) is 24.2 Å². The van der Waals surface area contributed by atoms with Gasteiger partial charge in [-0.3, -0.25) is 4.79 Å². The number of aliphatic carboxylic acids is 1. The van der Waals surface area contributed by atoms with Crippen LogP contribution in [0, 0.1) is 0 Å². The summed E-state index contributed by atoms with van der Waals surface area (Å²) in [7, 11) is -3.16. The summed E-state index contributed by atoms with van der Waals surface area (Å²) in [6.45, 7) is 1.36. The highest BCUT2D eigenvalue weighted by Gasteiger charge is 2.49. The number of ether oxygens (including phenoxy) is 2. The number of carbonyl (C=O) groups excluding carboxylic acids is 1. The van der Waals surface area contributed by atoms with Crippen LogP contribution < -0.4 is 9.64 Å². The standard InChI is InChI=1S/C17H20N2O7S2/c1-2-26-12-5-3-11(4-6-12)19-13-9-28(23,24)10-14(13)27-17(19)18-15(20)7-25-8-16(21)22/h3-6,13-14H,2,7-10H2,1H3,(H,21,22)/t13-,14+/m1/s1. The molecule has 0 aromatic heterocycles. The van der Waals surface area contributed by atoms with E-state index < -0.39 is 34.9 Å². The third kappa shape index (κ3) is 4.83. The van der Waals surface area contributed by atoms with E-state index in [9.17, 15) is 18.0 Å². The maximum absolute atomic E-state index is 12.1. The van der Waals surface area contributed by atoms with Crippen LogP contribution in [0.3, 0.4) is 0 Å². The number of nitrogens with zero attached hydrogens (tertiary/aromatic N) is 2. The fraction of sp³-hybridized carbons (Fsp3) is 0.471. The third-order valence-electron chi connectivity index (χ3n) is 4.16. The average molecular weight is 428 g/mol. The average Bonchev–Trinajstić information content (AvgIpc) is 3.06. The number of carboxylic acid groups (broad SMARTS) is 1. The SMILES string of the molecule is CCOc1ccc(N2C(=NC(=O)COCC(=O)O)S[C@H]3CS(=O)(=O)C[C@H]32)cc1. The molecule has 1 N–H and O–H groups in total. The molecule has 2 atom stereocenters. The topological polar surface area (TPSA) is 123 Å². The van der Waals surface area contributed by atoms with Gasteiger partial charge in [0.1, 0.15) is 19.0 Å². The molecule has 9 nitrogen and oxygen atoms in total. The molecule has 2 aliphatic heterocycles. The summed E-state index contributed by atoms with van der Waals surface area (Å²) in [5.74, 6) is -1.10. The van der Waals surface area contributed by atoms with Gasteiger partial charge in [-0.2, -0.15) is 4.99 Å². The van der Waals surface area contributed by atoms with E-state index in [1.165, 1.54) is 11.8 Å². The second-order valence-electron chi connectivity index (χ2n) is 6.27. The van der Waals surface area contributed by atoms with Crippen molar-refractivity contribution in [3.63, 3.8) is 0 Å². The first-order chi connectivity index (χ1) is 13.3. The molecule has 11 heteroatoms. The summed E-state index contributed by atoms with van der Waals surface area (Å²) < 4.78 is 34.3. The highest BCUT2D eigenvalue weighted by atomic mass is 32.2. The van der Waals surface area contributed by atoms with Crippen molar-refractivity contribution in [1.29, 1.82) is 0 Å². The van der Waals surface area contributed by atoms with Crippen LogP contribution >= 0.6 is 11.8 Å². The summed E-state index contributed by atoms with van der Waals surface area (Å²) in [4.78, 5) is 28.3. The van der Waals surface area contributed by atoms with Crippen molar-refractivity contribution in [3.05, 3.63) is 24.3 Å². The summed E-state index contributed by atoms with van der Waals surface area (Å²) in [6.07, 6.45) is 0. The lowest BCUT2D eigenvalue weighted by Gasteiger charge is -2.24. The van der Waals surface area contributed by atoms with E-state index >= 15 is 0 Å². The number of benzene rings is 1. The van der Waals surface area contributed by atoms with E-state index in [0.29, 0.717) is 23.2 Å². The van der Waals surface area contributed by atoms with Crippen LogP contribution in [0.25, 0.3) is 0 Å². The lowest BCUT2D eigenvalue weighted by molar-refractivity contribution is -0.143. The molecule has 1 aromatic rings. The Hall–Kier alpha value is -2.11. The zero-order valence-electron chi connectivity index (χ0n) is 15.1. The molecule has 0 spiro atoms. The molecule has 2 aliphatic rings. The van der Waals surface area contributed by atoms with Gasteiger partial charge < -0.3 is 19.5 Å². The molecule has 2 heterocycles. The number of anilines is 1. The van der Waals surface area contributed by atoms with Crippen LogP contribution in [0.4, 0.5) is 5.69 Å². The largest absolute Gasteiger partial charge is 0.494 e. The monoisotopic (exact) mass is 428 g/mol. The normalized spacial score (nSPS) is 24.3. The molecule has 1 amide bonds. The van der Waals surface area contributed by atoms with E-state index in [0.717, 1.165) is 0 Å². The summed E-state index contributed by atoms with van der Waals surface area (Å²) in [5.41, 5.74) is 0.707.